The lowest BCUT2D eigenvalue weighted by Gasteiger charge is -2.37. The number of aryl methyl sites for hydroxylation is 2. The Hall–Kier alpha value is -9.67. The number of carbonyl (C=O) groups excluding carboxylic acids is 3. The Morgan fingerprint density at radius 3 is 1.40 bits per heavy atom. The van der Waals surface area contributed by atoms with Gasteiger partial charge in [-0.1, -0.05) is 7.43 Å². The number of halogens is 1. The van der Waals surface area contributed by atoms with Crippen LogP contribution in [0.5, 0.6) is 5.88 Å². The Balaban J connectivity index is 0.000000114. The largest absolute Gasteiger partial charge is 0.475 e. The van der Waals surface area contributed by atoms with E-state index < -0.39 is 11.4 Å². The third kappa shape index (κ3) is 11.1. The number of carbonyl (C=O) groups is 3. The molecular weight excluding hydrogens is 1180 g/mol. The van der Waals surface area contributed by atoms with Crippen LogP contribution in [-0.2, 0) is 14.2 Å². The number of ether oxygens (including phenoxy) is 4. The lowest BCUT2D eigenvalue weighted by atomic mass is 10.0. The van der Waals surface area contributed by atoms with Crippen molar-refractivity contribution in [2.75, 3.05) is 104 Å². The van der Waals surface area contributed by atoms with Crippen molar-refractivity contribution in [1.29, 1.82) is 0 Å². The number of hydrogen-bond donors (Lipinski definition) is 5. The van der Waals surface area contributed by atoms with E-state index >= 15 is 0 Å². The molecule has 0 radical (unpaired) electrons. The van der Waals surface area contributed by atoms with Crippen molar-refractivity contribution in [2.45, 2.75) is 101 Å². The summed E-state index contributed by atoms with van der Waals surface area (Å²) < 4.78 is 42.7. The number of pyridine rings is 3. The molecule has 0 aromatic carbocycles. The number of anilines is 5. The zero-order valence-corrected chi connectivity index (χ0v) is 50.3. The Kier molecular flexibility index (Phi) is 14.8. The Labute approximate surface area is 527 Å². The van der Waals surface area contributed by atoms with Crippen LogP contribution in [0.15, 0.2) is 92.2 Å². The molecule has 5 N–H and O–H groups in total. The maximum atomic E-state index is 14.3. The van der Waals surface area contributed by atoms with Crippen molar-refractivity contribution in [3.63, 3.8) is 0 Å². The highest BCUT2D eigenvalue weighted by Crippen LogP contribution is 2.43. The number of rotatable bonds is 0. The van der Waals surface area contributed by atoms with Gasteiger partial charge in [-0.2, -0.15) is 15.3 Å². The van der Waals surface area contributed by atoms with Gasteiger partial charge in [-0.05, 0) is 106 Å². The number of hydrogen-bond acceptors (Lipinski definition) is 21. The summed E-state index contributed by atoms with van der Waals surface area (Å²) in [5, 5.41) is 29.5. The number of nitrogens with one attached hydrogen (secondary N) is 5. The summed E-state index contributed by atoms with van der Waals surface area (Å²) in [5.41, 5.74) is 7.08. The molecular formula is C64H71FN20O7. The zero-order valence-electron chi connectivity index (χ0n) is 50.3. The standard InChI is InChI=1S/C21H21FN6O3.2C21H23N7O2.CH4/c22-13-9-14-16-2-7-30-8-6-27(16)17-1-5-28-18(25-17)15(11-24-28)19(29)26-21(3-4-21)12-31-20(14)23-10-13;2*1-13-8-14-16-11-30-7-6-27(16)17-2-5-28-19(25-17)15(10-24-28)20(29)26-21(3-4-21)12-23-18(14)22-9-13;/h1,5,9-11,16H,2-4,6-8,12H2,(H,26,29);2*2,5,8-10,16H,3-4,6-7,11-12H2,1H3,(H,22,23)(H,26,29);1H4/t3*16-;/m010./s1. The maximum Gasteiger partial charge on any atom is 0.257 e. The summed E-state index contributed by atoms with van der Waals surface area (Å²) in [6.07, 6.45) is 21.1. The van der Waals surface area contributed by atoms with Gasteiger partial charge in [0.2, 0.25) is 5.88 Å². The highest BCUT2D eigenvalue weighted by Gasteiger charge is 2.48. The van der Waals surface area contributed by atoms with Crippen LogP contribution < -0.4 is 46.0 Å². The molecule has 6 bridgehead atoms. The molecule has 92 heavy (non-hydrogen) atoms. The predicted octanol–water partition coefficient (Wildman–Crippen LogP) is 5.92. The van der Waals surface area contributed by atoms with Crippen LogP contribution in [0.4, 0.5) is 33.5 Å². The fourth-order valence-electron chi connectivity index (χ4n) is 13.1. The first-order valence-corrected chi connectivity index (χ1v) is 31.1. The summed E-state index contributed by atoms with van der Waals surface area (Å²) >= 11 is 0. The molecule has 6 fully saturated rings. The summed E-state index contributed by atoms with van der Waals surface area (Å²) in [5.74, 6) is 3.39. The molecule has 3 saturated carbocycles. The van der Waals surface area contributed by atoms with Crippen molar-refractivity contribution in [2.24, 2.45) is 0 Å². The molecule has 3 spiro atoms. The fourth-order valence-corrected chi connectivity index (χ4v) is 13.1. The molecule has 9 aliphatic rings. The highest BCUT2D eigenvalue weighted by atomic mass is 19.1. The monoisotopic (exact) mass is 1250 g/mol. The average molecular weight is 1250 g/mol. The van der Waals surface area contributed by atoms with E-state index in [4.69, 9.17) is 33.9 Å². The van der Waals surface area contributed by atoms with Gasteiger partial charge in [0.25, 0.3) is 17.7 Å². The quantitative estimate of drug-likeness (QED) is 0.118. The molecule has 0 unspecified atom stereocenters. The lowest BCUT2D eigenvalue weighted by Crippen LogP contribution is -2.42. The van der Waals surface area contributed by atoms with Crippen LogP contribution in [0.2, 0.25) is 0 Å². The number of fused-ring (bicyclic) bond motifs is 15. The molecule has 9 aromatic rings. The third-order valence-electron chi connectivity index (χ3n) is 18.7. The van der Waals surface area contributed by atoms with Gasteiger partial charge >= 0.3 is 0 Å². The molecule has 3 saturated heterocycles. The molecule has 18 rings (SSSR count). The third-order valence-corrected chi connectivity index (χ3v) is 18.7. The lowest BCUT2D eigenvalue weighted by molar-refractivity contribution is 0.0908. The van der Waals surface area contributed by atoms with Crippen molar-refractivity contribution in [3.05, 3.63) is 142 Å². The predicted molar refractivity (Wildman–Crippen MR) is 336 cm³/mol. The first-order chi connectivity index (χ1) is 44.4. The van der Waals surface area contributed by atoms with E-state index in [1.807, 2.05) is 56.8 Å². The minimum absolute atomic E-state index is 0. The van der Waals surface area contributed by atoms with Gasteiger partial charge in [0.1, 0.15) is 58.2 Å². The first kappa shape index (κ1) is 58.7. The van der Waals surface area contributed by atoms with E-state index in [1.54, 1.807) is 32.1 Å². The molecule has 6 aliphatic heterocycles. The summed E-state index contributed by atoms with van der Waals surface area (Å²) in [7, 11) is 0. The Bertz CT molecular complexity index is 4170. The number of nitrogens with zero attached hydrogens (tertiary/aromatic N) is 15. The second-order valence-corrected chi connectivity index (χ2v) is 25.2. The van der Waals surface area contributed by atoms with Gasteiger partial charge in [-0.3, -0.25) is 14.4 Å². The summed E-state index contributed by atoms with van der Waals surface area (Å²) in [4.78, 5) is 73.8. The number of amides is 3. The average Bonchev–Trinajstić information content (AvgIpc) is 1.46. The van der Waals surface area contributed by atoms with Gasteiger partial charge in [-0.15, -0.1) is 0 Å². The van der Waals surface area contributed by atoms with E-state index in [2.05, 4.69) is 83.7 Å². The van der Waals surface area contributed by atoms with Gasteiger partial charge in [0.15, 0.2) is 16.9 Å². The summed E-state index contributed by atoms with van der Waals surface area (Å²) in [6.45, 7) is 11.0. The van der Waals surface area contributed by atoms with Crippen molar-refractivity contribution in [1.82, 2.24) is 74.7 Å². The van der Waals surface area contributed by atoms with E-state index in [0.29, 0.717) is 130 Å². The Morgan fingerprint density at radius 2 is 0.946 bits per heavy atom. The van der Waals surface area contributed by atoms with E-state index in [0.717, 1.165) is 90.2 Å². The maximum absolute atomic E-state index is 14.3. The minimum Gasteiger partial charge on any atom is -0.475 e. The van der Waals surface area contributed by atoms with E-state index in [-0.39, 0.29) is 61.0 Å². The van der Waals surface area contributed by atoms with Gasteiger partial charge in [0.05, 0.1) is 92.6 Å². The van der Waals surface area contributed by atoms with Gasteiger partial charge in [0, 0.05) is 87.0 Å². The molecule has 28 heteroatoms. The Morgan fingerprint density at radius 1 is 0.511 bits per heavy atom. The second-order valence-electron chi connectivity index (χ2n) is 25.2. The normalized spacial score (nSPS) is 22.1. The molecule has 15 heterocycles. The SMILES string of the molecule is C.Cc1cnc2c(c1)[C@@H]1COCCN1c1ccn3ncc(c3n1)C(=O)NC1(CC1)CN2.Cc1cnc2c(c1)[C@H]1COCCN1c1ccn3ncc(c3n1)C(=O)NC1(CC1)CN2.O=C1NC2(CC2)COc2ncc(F)cc2[C@@H]2CCOCCN2c2ccn3ncc1c3n2. The van der Waals surface area contributed by atoms with E-state index in [9.17, 15) is 18.8 Å². The van der Waals surface area contributed by atoms with Crippen molar-refractivity contribution in [3.8, 4) is 5.88 Å². The van der Waals surface area contributed by atoms with Gasteiger partial charge in [-0.25, -0.2) is 47.8 Å². The molecule has 3 aliphatic carbocycles. The van der Waals surface area contributed by atoms with Crippen molar-refractivity contribution >= 4 is 63.8 Å². The smallest absolute Gasteiger partial charge is 0.257 e. The summed E-state index contributed by atoms with van der Waals surface area (Å²) in [6, 6.07) is 11.3. The van der Waals surface area contributed by atoms with Gasteiger partial charge < -0.3 is 60.2 Å². The fraction of sp³-hybridized carbons (Fsp3) is 0.438. The van der Waals surface area contributed by atoms with E-state index in [1.165, 1.54) is 12.3 Å². The highest BCUT2D eigenvalue weighted by molar-refractivity contribution is 6.02. The van der Waals surface area contributed by atoms with Crippen molar-refractivity contribution < 1.29 is 37.7 Å². The van der Waals surface area contributed by atoms with Crippen LogP contribution in [-0.4, -0.2) is 172 Å². The zero-order chi connectivity index (χ0) is 61.6. The number of aromatic nitrogens is 12. The van der Waals surface area contributed by atoms with Crippen LogP contribution in [0.3, 0.4) is 0 Å². The van der Waals surface area contributed by atoms with Crippen LogP contribution in [0.25, 0.3) is 16.9 Å². The van der Waals surface area contributed by atoms with Crippen LogP contribution in [0.1, 0.15) is 129 Å². The second kappa shape index (κ2) is 23.2. The number of morpholine rings is 2. The minimum atomic E-state index is -0.462. The molecule has 27 nitrogen and oxygen atoms in total. The van der Waals surface area contributed by atoms with Crippen LogP contribution >= 0.6 is 0 Å². The van der Waals surface area contributed by atoms with Crippen LogP contribution in [0, 0.1) is 19.7 Å². The molecule has 3 amide bonds. The topological polar surface area (TPSA) is 287 Å². The molecule has 3 atom stereocenters. The first-order valence-electron chi connectivity index (χ1n) is 31.1. The molecule has 9 aromatic heterocycles. The molecule has 476 valence electrons.